The summed E-state index contributed by atoms with van der Waals surface area (Å²) in [6, 6.07) is 11.8. The number of aliphatic hydroxyl groups is 1. The normalized spacial score (nSPS) is 27.1. The van der Waals surface area contributed by atoms with Crippen molar-refractivity contribution < 1.29 is 29.2 Å². The predicted molar refractivity (Wildman–Crippen MR) is 139 cm³/mol. The van der Waals surface area contributed by atoms with Crippen LogP contribution in [0.25, 0.3) is 0 Å². The lowest BCUT2D eigenvalue weighted by molar-refractivity contribution is -0.385. The van der Waals surface area contributed by atoms with Gasteiger partial charge in [-0.2, -0.15) is 0 Å². The predicted octanol–water partition coefficient (Wildman–Crippen LogP) is 3.06. The van der Waals surface area contributed by atoms with E-state index in [1.54, 1.807) is 29.0 Å². The summed E-state index contributed by atoms with van der Waals surface area (Å²) < 4.78 is 6.49. The smallest absolute Gasteiger partial charge is 0.269 e. The second-order valence-electron chi connectivity index (χ2n) is 10.7. The second kappa shape index (κ2) is 9.01. The van der Waals surface area contributed by atoms with Crippen LogP contribution in [0, 0.1) is 16.0 Å². The number of carbonyl (C=O) groups excluding carboxylic acids is 2. The van der Waals surface area contributed by atoms with Gasteiger partial charge in [-0.05, 0) is 43.3 Å². The third-order valence-electron chi connectivity index (χ3n) is 8.01. The molecule has 0 saturated carbocycles. The molecule has 0 unspecified atom stereocenters. The standard InChI is InChI=1S/C26H31N3O7Si/c1-16-24(37(2,3)35)22(10-12-30)36-26(16)20-14-19(29(33)34)7-8-21(20)28(25(26)32)15-17-5-4-6-18(13-17)27-11-9-23(27)31/h4-8,13-14,16,22,24,30,35H,9-12,15H2,1-3H3/t16-,22+,24-,26+/m0/s1. The summed E-state index contributed by atoms with van der Waals surface area (Å²) in [7, 11) is -2.87. The highest BCUT2D eigenvalue weighted by atomic mass is 28.4. The van der Waals surface area contributed by atoms with E-state index in [4.69, 9.17) is 4.74 Å². The Morgan fingerprint density at radius 1 is 1.22 bits per heavy atom. The summed E-state index contributed by atoms with van der Waals surface area (Å²) >= 11 is 0. The molecule has 37 heavy (non-hydrogen) atoms. The van der Waals surface area contributed by atoms with Gasteiger partial charge in [0.25, 0.3) is 11.6 Å². The number of amides is 2. The first kappa shape index (κ1) is 25.5. The van der Waals surface area contributed by atoms with Gasteiger partial charge in [-0.15, -0.1) is 0 Å². The van der Waals surface area contributed by atoms with E-state index in [0.29, 0.717) is 24.2 Å². The number of nitrogens with zero attached hydrogens (tertiary/aromatic N) is 3. The maximum absolute atomic E-state index is 14.3. The molecule has 2 fully saturated rings. The topological polar surface area (TPSA) is 133 Å². The summed E-state index contributed by atoms with van der Waals surface area (Å²) in [5.74, 6) is -0.764. The van der Waals surface area contributed by atoms with Crippen molar-refractivity contribution in [2.45, 2.75) is 56.7 Å². The molecule has 10 nitrogen and oxygen atoms in total. The SMILES string of the molecule is C[C@H]1[C@H]([Si](C)(C)O)[C@@H](CCO)O[C@]12C(=O)N(Cc1cccc(N3CCC3=O)c1)c1ccc([N+](=O)[O-])cc12. The molecule has 1 spiro atoms. The Morgan fingerprint density at radius 3 is 2.57 bits per heavy atom. The summed E-state index contributed by atoms with van der Waals surface area (Å²) in [6.45, 7) is 6.10. The molecule has 5 rings (SSSR count). The highest BCUT2D eigenvalue weighted by Gasteiger charge is 2.66. The number of aliphatic hydroxyl groups excluding tert-OH is 1. The lowest BCUT2D eigenvalue weighted by Gasteiger charge is -2.32. The van der Waals surface area contributed by atoms with Crippen LogP contribution in [0.3, 0.4) is 0 Å². The molecule has 2 saturated heterocycles. The van der Waals surface area contributed by atoms with Crippen LogP contribution < -0.4 is 9.80 Å². The molecule has 2 amide bonds. The van der Waals surface area contributed by atoms with Crippen LogP contribution in [0.15, 0.2) is 42.5 Å². The molecule has 3 aliphatic heterocycles. The fraction of sp³-hybridized carbons (Fsp3) is 0.462. The average Bonchev–Trinajstić information content (AvgIpc) is 3.25. The Kier molecular flexibility index (Phi) is 6.22. The number of carbonyl (C=O) groups is 2. The summed E-state index contributed by atoms with van der Waals surface area (Å²) in [5, 5.41) is 21.4. The molecular formula is C26H31N3O7Si. The van der Waals surface area contributed by atoms with Gasteiger partial charge < -0.3 is 24.4 Å². The quantitative estimate of drug-likeness (QED) is 0.246. The molecule has 0 aliphatic carbocycles. The first-order valence-electron chi connectivity index (χ1n) is 12.5. The van der Waals surface area contributed by atoms with Crippen LogP contribution in [0.2, 0.25) is 18.6 Å². The Bertz CT molecular complexity index is 1280. The van der Waals surface area contributed by atoms with Gasteiger partial charge in [0.2, 0.25) is 5.91 Å². The highest BCUT2D eigenvalue weighted by molar-refractivity contribution is 6.71. The molecule has 2 N–H and O–H groups in total. The van der Waals surface area contributed by atoms with Crippen molar-refractivity contribution in [2.24, 2.45) is 5.92 Å². The molecule has 0 radical (unpaired) electrons. The van der Waals surface area contributed by atoms with Crippen LogP contribution in [0.4, 0.5) is 17.1 Å². The fourth-order valence-electron chi connectivity index (χ4n) is 6.33. The third-order valence-corrected chi connectivity index (χ3v) is 10.5. The molecule has 196 valence electrons. The summed E-state index contributed by atoms with van der Waals surface area (Å²) in [5.41, 5.74) is 0.481. The molecule has 0 aromatic heterocycles. The van der Waals surface area contributed by atoms with Gasteiger partial charge in [0.1, 0.15) is 0 Å². The van der Waals surface area contributed by atoms with E-state index in [-0.39, 0.29) is 42.6 Å². The Labute approximate surface area is 215 Å². The van der Waals surface area contributed by atoms with Crippen molar-refractivity contribution in [2.75, 3.05) is 23.0 Å². The minimum Gasteiger partial charge on any atom is -0.432 e. The van der Waals surface area contributed by atoms with E-state index in [0.717, 1.165) is 11.3 Å². The minimum absolute atomic E-state index is 0.0518. The molecule has 2 aromatic rings. The Balaban J connectivity index is 1.59. The van der Waals surface area contributed by atoms with Gasteiger partial charge in [-0.1, -0.05) is 19.1 Å². The molecule has 11 heteroatoms. The van der Waals surface area contributed by atoms with Crippen LogP contribution in [-0.4, -0.2) is 54.2 Å². The Hall–Kier alpha value is -3.12. The van der Waals surface area contributed by atoms with Gasteiger partial charge >= 0.3 is 0 Å². The largest absolute Gasteiger partial charge is 0.432 e. The molecule has 4 atom stereocenters. The van der Waals surface area contributed by atoms with Crippen LogP contribution in [-0.2, 0) is 26.5 Å². The van der Waals surface area contributed by atoms with Gasteiger partial charge in [0.05, 0.1) is 23.3 Å². The molecule has 2 aromatic carbocycles. The van der Waals surface area contributed by atoms with E-state index in [2.05, 4.69) is 0 Å². The number of rotatable bonds is 7. The van der Waals surface area contributed by atoms with E-state index in [1.165, 1.54) is 12.1 Å². The number of benzene rings is 2. The van der Waals surface area contributed by atoms with Crippen LogP contribution >= 0.6 is 0 Å². The van der Waals surface area contributed by atoms with Gasteiger partial charge in [0.15, 0.2) is 13.9 Å². The second-order valence-corrected chi connectivity index (χ2v) is 14.7. The van der Waals surface area contributed by atoms with Crippen LogP contribution in [0.5, 0.6) is 0 Å². The molecule has 3 aliphatic rings. The number of hydrogen-bond donors (Lipinski definition) is 2. The number of β-lactam (4-membered cyclic amide) rings is 1. The molecule has 0 bridgehead atoms. The van der Waals surface area contributed by atoms with E-state index in [1.807, 2.05) is 31.2 Å². The molecular weight excluding hydrogens is 494 g/mol. The van der Waals surface area contributed by atoms with Crippen molar-refractivity contribution in [1.82, 2.24) is 0 Å². The van der Waals surface area contributed by atoms with E-state index >= 15 is 0 Å². The lowest BCUT2D eigenvalue weighted by Crippen LogP contribution is -2.46. The number of ether oxygens (including phenoxy) is 1. The Morgan fingerprint density at radius 2 is 1.97 bits per heavy atom. The first-order chi connectivity index (χ1) is 17.5. The van der Waals surface area contributed by atoms with Crippen molar-refractivity contribution in [1.29, 1.82) is 0 Å². The number of non-ortho nitro benzene ring substituents is 1. The number of fused-ring (bicyclic) bond motifs is 2. The zero-order chi connectivity index (χ0) is 26.7. The van der Waals surface area contributed by atoms with Gasteiger partial charge in [-0.25, -0.2) is 0 Å². The summed E-state index contributed by atoms with van der Waals surface area (Å²) in [6.07, 6.45) is 0.194. The van der Waals surface area contributed by atoms with Gasteiger partial charge in [-0.3, -0.25) is 19.7 Å². The number of nitro groups is 1. The van der Waals surface area contributed by atoms with Crippen molar-refractivity contribution in [3.05, 3.63) is 63.7 Å². The van der Waals surface area contributed by atoms with Crippen molar-refractivity contribution >= 4 is 37.2 Å². The first-order valence-corrected chi connectivity index (χ1v) is 15.5. The molecule has 3 heterocycles. The monoisotopic (exact) mass is 525 g/mol. The van der Waals surface area contributed by atoms with Crippen LogP contribution in [0.1, 0.15) is 30.9 Å². The lowest BCUT2D eigenvalue weighted by atomic mass is 9.82. The number of anilines is 2. The van der Waals surface area contributed by atoms with Gasteiger partial charge in [0, 0.05) is 54.4 Å². The fourth-order valence-corrected chi connectivity index (χ4v) is 8.93. The average molecular weight is 526 g/mol. The maximum Gasteiger partial charge on any atom is 0.269 e. The highest BCUT2D eigenvalue weighted by Crippen LogP contribution is 2.60. The zero-order valence-corrected chi connectivity index (χ0v) is 22.1. The minimum atomic E-state index is -2.87. The summed E-state index contributed by atoms with van der Waals surface area (Å²) in [4.78, 5) is 51.8. The van der Waals surface area contributed by atoms with E-state index < -0.39 is 30.9 Å². The van der Waals surface area contributed by atoms with Crippen molar-refractivity contribution in [3.63, 3.8) is 0 Å². The van der Waals surface area contributed by atoms with E-state index in [9.17, 15) is 29.6 Å². The zero-order valence-electron chi connectivity index (χ0n) is 21.1. The number of hydrogen-bond acceptors (Lipinski definition) is 7. The maximum atomic E-state index is 14.3. The third kappa shape index (κ3) is 3.97. The number of nitro benzene ring substituents is 1. The van der Waals surface area contributed by atoms with Crippen molar-refractivity contribution in [3.8, 4) is 0 Å².